The predicted molar refractivity (Wildman–Crippen MR) is 135 cm³/mol. The molecule has 0 aromatic heterocycles. The first-order chi connectivity index (χ1) is 17.8. The van der Waals surface area contributed by atoms with E-state index in [0.29, 0.717) is 5.56 Å². The van der Waals surface area contributed by atoms with E-state index in [-0.39, 0.29) is 24.1 Å². The Labute approximate surface area is 214 Å². The molecule has 9 heteroatoms. The fraction of sp³-hybridized carbons (Fsp3) is 0.393. The number of likely N-dealkylation sites (tertiary alicyclic amines) is 1. The number of carboxylic acid groups (broad SMARTS) is 1. The normalized spacial score (nSPS) is 28.1. The van der Waals surface area contributed by atoms with E-state index in [1.165, 1.54) is 29.2 Å². The number of fused-ring (bicyclic) bond motifs is 1. The number of nitrogens with one attached hydrogen (secondary N) is 1. The molecule has 2 N–H and O–H groups in total. The van der Waals surface area contributed by atoms with Crippen molar-refractivity contribution >= 4 is 29.5 Å². The van der Waals surface area contributed by atoms with Crippen molar-refractivity contribution in [1.82, 2.24) is 10.2 Å². The van der Waals surface area contributed by atoms with E-state index in [1.807, 2.05) is 36.4 Å². The lowest BCUT2D eigenvalue weighted by molar-refractivity contribution is -0.384. The van der Waals surface area contributed by atoms with Gasteiger partial charge in [0.2, 0.25) is 11.8 Å². The Bertz CT molecular complexity index is 1240. The summed E-state index contributed by atoms with van der Waals surface area (Å²) >= 11 is 0. The van der Waals surface area contributed by atoms with Crippen molar-refractivity contribution in [3.05, 3.63) is 81.9 Å². The van der Waals surface area contributed by atoms with Crippen LogP contribution in [0.4, 0.5) is 5.69 Å². The second-order valence-corrected chi connectivity index (χ2v) is 10.2. The number of nitrogens with zero attached hydrogens (tertiary/aromatic N) is 2. The molecule has 2 amide bonds. The predicted octanol–water partition coefficient (Wildman–Crippen LogP) is 3.58. The van der Waals surface area contributed by atoms with Crippen LogP contribution in [-0.4, -0.2) is 50.3 Å². The summed E-state index contributed by atoms with van der Waals surface area (Å²) < 4.78 is 0. The number of benzene rings is 2. The van der Waals surface area contributed by atoms with Gasteiger partial charge < -0.3 is 5.11 Å². The zero-order valence-electron chi connectivity index (χ0n) is 20.3. The quantitative estimate of drug-likeness (QED) is 0.336. The van der Waals surface area contributed by atoms with Crippen LogP contribution in [0.1, 0.15) is 43.2 Å². The lowest BCUT2D eigenvalue weighted by Gasteiger charge is -2.34. The topological polar surface area (TPSA) is 130 Å². The summed E-state index contributed by atoms with van der Waals surface area (Å²) in [5.41, 5.74) is -0.416. The maximum absolute atomic E-state index is 13.9. The summed E-state index contributed by atoms with van der Waals surface area (Å²) in [7, 11) is 0. The number of carbonyl (C=O) groups excluding carboxylic acids is 2. The molecule has 1 aliphatic carbocycles. The van der Waals surface area contributed by atoms with Crippen LogP contribution in [0.2, 0.25) is 0 Å². The minimum absolute atomic E-state index is 0.0886. The maximum atomic E-state index is 13.9. The number of carboxylic acids is 1. The van der Waals surface area contributed by atoms with Crippen molar-refractivity contribution in [3.8, 4) is 0 Å². The Morgan fingerprint density at radius 1 is 1.05 bits per heavy atom. The van der Waals surface area contributed by atoms with E-state index < -0.39 is 40.2 Å². The van der Waals surface area contributed by atoms with Gasteiger partial charge in [-0.25, -0.2) is 0 Å². The van der Waals surface area contributed by atoms with Crippen LogP contribution in [0.5, 0.6) is 0 Å². The first kappa shape index (κ1) is 24.8. The summed E-state index contributed by atoms with van der Waals surface area (Å²) in [6, 6.07) is 14.3. The zero-order chi connectivity index (χ0) is 26.2. The molecule has 2 aromatic rings. The number of nitro groups is 1. The summed E-state index contributed by atoms with van der Waals surface area (Å²) in [4.78, 5) is 52.5. The van der Waals surface area contributed by atoms with Crippen LogP contribution in [-0.2, 0) is 20.8 Å². The number of amides is 2. The molecule has 5 rings (SSSR count). The van der Waals surface area contributed by atoms with Gasteiger partial charge in [0.1, 0.15) is 5.54 Å². The van der Waals surface area contributed by atoms with Gasteiger partial charge in [0.15, 0.2) is 0 Å². The molecule has 1 saturated carbocycles. The van der Waals surface area contributed by atoms with E-state index in [0.717, 1.165) is 37.7 Å². The van der Waals surface area contributed by atoms with Crippen LogP contribution in [0.25, 0.3) is 6.08 Å². The average Bonchev–Trinajstić information content (AvgIpc) is 3.37. The molecule has 0 radical (unpaired) electrons. The number of imide groups is 1. The lowest BCUT2D eigenvalue weighted by Crippen LogP contribution is -2.58. The molecule has 4 atom stereocenters. The Kier molecular flexibility index (Phi) is 6.64. The summed E-state index contributed by atoms with van der Waals surface area (Å²) in [6.07, 6.45) is 7.91. The molecule has 0 spiro atoms. The Hall–Kier alpha value is -3.85. The number of carbonyl (C=O) groups is 3. The van der Waals surface area contributed by atoms with Gasteiger partial charge in [0, 0.05) is 30.6 Å². The number of non-ortho nitro benzene ring substituents is 1. The third-order valence-electron chi connectivity index (χ3n) is 7.97. The highest BCUT2D eigenvalue weighted by atomic mass is 16.6. The first-order valence-corrected chi connectivity index (χ1v) is 12.7. The smallest absolute Gasteiger partial charge is 0.325 e. The first-order valence-electron chi connectivity index (χ1n) is 12.7. The minimum atomic E-state index is -1.73. The van der Waals surface area contributed by atoms with Crippen LogP contribution in [0.3, 0.4) is 0 Å². The van der Waals surface area contributed by atoms with E-state index in [1.54, 1.807) is 6.08 Å². The van der Waals surface area contributed by atoms with Crippen molar-refractivity contribution in [3.63, 3.8) is 0 Å². The number of aliphatic carboxylic acids is 1. The van der Waals surface area contributed by atoms with Crippen molar-refractivity contribution in [2.75, 3.05) is 0 Å². The fourth-order valence-electron chi connectivity index (χ4n) is 6.21. The van der Waals surface area contributed by atoms with E-state index in [9.17, 15) is 29.6 Å². The molecular weight excluding hydrogens is 474 g/mol. The van der Waals surface area contributed by atoms with Crippen molar-refractivity contribution < 1.29 is 24.4 Å². The standard InChI is InChI=1S/C28H29N3O6/c32-25-23-22(16-13-18-7-3-1-4-8-18)29-28(27(34)35,17-19-11-14-21(15-12-19)31(36)37)24(23)26(33)30(25)20-9-5-2-6-10-20/h1,3-4,7-8,11-16,20,22-24,29H,2,5-6,9-10,17H2,(H,34,35)/b16-13+. The summed E-state index contributed by atoms with van der Waals surface area (Å²) in [5, 5.41) is 24.8. The van der Waals surface area contributed by atoms with Crippen LogP contribution in [0.15, 0.2) is 60.7 Å². The van der Waals surface area contributed by atoms with Crippen LogP contribution in [0, 0.1) is 22.0 Å². The van der Waals surface area contributed by atoms with E-state index >= 15 is 0 Å². The Morgan fingerprint density at radius 3 is 2.35 bits per heavy atom. The molecule has 37 heavy (non-hydrogen) atoms. The molecule has 3 aliphatic rings. The van der Waals surface area contributed by atoms with Crippen molar-refractivity contribution in [2.45, 2.75) is 56.1 Å². The van der Waals surface area contributed by atoms with Gasteiger partial charge in [-0.15, -0.1) is 0 Å². The fourth-order valence-corrected chi connectivity index (χ4v) is 6.21. The largest absolute Gasteiger partial charge is 0.480 e. The Balaban J connectivity index is 1.54. The van der Waals surface area contributed by atoms with Gasteiger partial charge in [-0.1, -0.05) is 73.9 Å². The van der Waals surface area contributed by atoms with Crippen molar-refractivity contribution in [2.24, 2.45) is 11.8 Å². The molecule has 192 valence electrons. The highest BCUT2D eigenvalue weighted by Crippen LogP contribution is 2.47. The summed E-state index contributed by atoms with van der Waals surface area (Å²) in [5.74, 6) is -3.90. The third-order valence-corrected chi connectivity index (χ3v) is 7.97. The molecule has 9 nitrogen and oxygen atoms in total. The highest BCUT2D eigenvalue weighted by Gasteiger charge is 2.68. The van der Waals surface area contributed by atoms with Crippen molar-refractivity contribution in [1.29, 1.82) is 0 Å². The molecular formula is C28H29N3O6. The van der Waals surface area contributed by atoms with E-state index in [2.05, 4.69) is 5.32 Å². The Morgan fingerprint density at radius 2 is 1.73 bits per heavy atom. The zero-order valence-corrected chi connectivity index (χ0v) is 20.3. The van der Waals surface area contributed by atoms with Gasteiger partial charge in [-0.3, -0.25) is 34.7 Å². The van der Waals surface area contributed by atoms with Gasteiger partial charge in [0.05, 0.1) is 16.8 Å². The minimum Gasteiger partial charge on any atom is -0.480 e. The molecule has 2 heterocycles. The molecule has 3 fully saturated rings. The number of rotatable bonds is 7. The van der Waals surface area contributed by atoms with Gasteiger partial charge in [-0.2, -0.15) is 0 Å². The number of nitro benzene ring substituents is 1. The highest BCUT2D eigenvalue weighted by molar-refractivity contribution is 6.10. The SMILES string of the molecule is O=C1C2C(/C=C/c3ccccc3)NC(Cc3ccc([N+](=O)[O-])cc3)(C(=O)O)C2C(=O)N1C1CCCCC1. The second-order valence-electron chi connectivity index (χ2n) is 10.2. The average molecular weight is 504 g/mol. The number of hydrogen-bond acceptors (Lipinski definition) is 6. The molecule has 4 unspecified atom stereocenters. The maximum Gasteiger partial charge on any atom is 0.325 e. The second kappa shape index (κ2) is 9.89. The van der Waals surface area contributed by atoms with Crippen LogP contribution >= 0.6 is 0 Å². The molecule has 2 saturated heterocycles. The summed E-state index contributed by atoms with van der Waals surface area (Å²) in [6.45, 7) is 0. The number of hydrogen-bond donors (Lipinski definition) is 2. The molecule has 2 aliphatic heterocycles. The van der Waals surface area contributed by atoms with Crippen LogP contribution < -0.4 is 5.32 Å². The lowest BCUT2D eigenvalue weighted by atomic mass is 9.76. The van der Waals surface area contributed by atoms with Gasteiger partial charge in [0.25, 0.3) is 5.69 Å². The molecule has 2 aromatic carbocycles. The van der Waals surface area contributed by atoms with E-state index in [4.69, 9.17) is 0 Å². The third kappa shape index (κ3) is 4.44. The van der Waals surface area contributed by atoms with Gasteiger partial charge >= 0.3 is 5.97 Å². The van der Waals surface area contributed by atoms with Gasteiger partial charge in [-0.05, 0) is 24.0 Å². The molecule has 0 bridgehead atoms. The monoisotopic (exact) mass is 503 g/mol.